The average molecular weight is 265 g/mol. The Morgan fingerprint density at radius 1 is 1.32 bits per heavy atom. The van der Waals surface area contributed by atoms with Gasteiger partial charge in [0.05, 0.1) is 13.7 Å². The maximum absolute atomic E-state index is 12.5. The van der Waals surface area contributed by atoms with E-state index in [-0.39, 0.29) is 5.91 Å². The lowest BCUT2D eigenvalue weighted by Crippen LogP contribution is -2.36. The number of rotatable bonds is 7. The van der Waals surface area contributed by atoms with E-state index in [1.807, 2.05) is 23.1 Å². The van der Waals surface area contributed by atoms with Crippen LogP contribution in [0.3, 0.4) is 0 Å². The highest BCUT2D eigenvalue weighted by Crippen LogP contribution is 2.15. The molecule has 0 radical (unpaired) electrons. The van der Waals surface area contributed by atoms with E-state index < -0.39 is 0 Å². The van der Waals surface area contributed by atoms with Gasteiger partial charge in [-0.25, -0.2) is 0 Å². The number of carbonyl (C=O) groups is 1. The number of hydrogen-bond donors (Lipinski definition) is 0. The van der Waals surface area contributed by atoms with Gasteiger partial charge in [-0.3, -0.25) is 4.79 Å². The number of nitrogens with zero attached hydrogens (tertiary/aromatic N) is 1. The topological polar surface area (TPSA) is 38.8 Å². The summed E-state index contributed by atoms with van der Waals surface area (Å²) in [7, 11) is 3.24. The zero-order valence-corrected chi connectivity index (χ0v) is 12.2. The van der Waals surface area contributed by atoms with Crippen LogP contribution in [-0.4, -0.2) is 44.7 Å². The Morgan fingerprint density at radius 2 is 2.05 bits per heavy atom. The van der Waals surface area contributed by atoms with E-state index in [1.54, 1.807) is 20.3 Å². The summed E-state index contributed by atoms with van der Waals surface area (Å²) in [6.45, 7) is 6.06. The number of hydrogen-bond acceptors (Lipinski definition) is 3. The van der Waals surface area contributed by atoms with Gasteiger partial charge in [-0.1, -0.05) is 19.9 Å². The first kappa shape index (κ1) is 15.5. The van der Waals surface area contributed by atoms with E-state index in [0.717, 1.165) is 6.54 Å². The predicted octanol–water partition coefficient (Wildman–Crippen LogP) is 2.44. The number of benzene rings is 1. The van der Waals surface area contributed by atoms with Crippen LogP contribution in [0.4, 0.5) is 0 Å². The Bertz CT molecular complexity index is 404. The zero-order valence-electron chi connectivity index (χ0n) is 12.2. The Labute approximate surface area is 115 Å². The maximum atomic E-state index is 12.5. The Hall–Kier alpha value is -1.55. The van der Waals surface area contributed by atoms with Crippen LogP contribution in [0.25, 0.3) is 0 Å². The van der Waals surface area contributed by atoms with Gasteiger partial charge in [-0.15, -0.1) is 0 Å². The van der Waals surface area contributed by atoms with Gasteiger partial charge in [-0.2, -0.15) is 0 Å². The molecule has 0 aliphatic heterocycles. The number of ether oxygens (including phenoxy) is 2. The summed E-state index contributed by atoms with van der Waals surface area (Å²) >= 11 is 0. The van der Waals surface area contributed by atoms with Crippen molar-refractivity contribution in [2.75, 3.05) is 33.9 Å². The van der Waals surface area contributed by atoms with Crippen LogP contribution in [0, 0.1) is 5.92 Å². The number of amides is 1. The molecule has 0 atom stereocenters. The van der Waals surface area contributed by atoms with Gasteiger partial charge in [0.1, 0.15) is 5.75 Å². The van der Waals surface area contributed by atoms with Crippen molar-refractivity contribution in [3.63, 3.8) is 0 Å². The Morgan fingerprint density at radius 3 is 2.63 bits per heavy atom. The Balaban J connectivity index is 2.84. The van der Waals surface area contributed by atoms with E-state index in [4.69, 9.17) is 9.47 Å². The molecule has 0 saturated carbocycles. The van der Waals surface area contributed by atoms with Crippen molar-refractivity contribution in [1.29, 1.82) is 0 Å². The minimum absolute atomic E-state index is 0.0182. The highest BCUT2D eigenvalue weighted by atomic mass is 16.5. The molecule has 1 rings (SSSR count). The normalized spacial score (nSPS) is 10.6. The molecule has 4 heteroatoms. The third-order valence-corrected chi connectivity index (χ3v) is 2.75. The highest BCUT2D eigenvalue weighted by molar-refractivity contribution is 5.94. The van der Waals surface area contributed by atoms with Crippen LogP contribution in [0.5, 0.6) is 5.75 Å². The van der Waals surface area contributed by atoms with Crippen molar-refractivity contribution < 1.29 is 14.3 Å². The minimum atomic E-state index is 0.0182. The molecule has 1 aromatic rings. The summed E-state index contributed by atoms with van der Waals surface area (Å²) in [6.07, 6.45) is 0. The summed E-state index contributed by atoms with van der Waals surface area (Å²) < 4.78 is 10.2. The molecule has 106 valence electrons. The van der Waals surface area contributed by atoms with Crippen molar-refractivity contribution >= 4 is 5.91 Å². The molecule has 0 unspecified atom stereocenters. The van der Waals surface area contributed by atoms with Gasteiger partial charge in [0.25, 0.3) is 5.91 Å². The lowest BCUT2D eigenvalue weighted by Gasteiger charge is -2.24. The first-order chi connectivity index (χ1) is 9.08. The third-order valence-electron chi connectivity index (χ3n) is 2.75. The molecule has 0 aliphatic rings. The molecule has 19 heavy (non-hydrogen) atoms. The fraction of sp³-hybridized carbons (Fsp3) is 0.533. The van der Waals surface area contributed by atoms with Crippen molar-refractivity contribution in [3.05, 3.63) is 29.8 Å². The fourth-order valence-corrected chi connectivity index (χ4v) is 1.86. The molecule has 0 aromatic heterocycles. The monoisotopic (exact) mass is 265 g/mol. The first-order valence-corrected chi connectivity index (χ1v) is 6.50. The molecule has 0 heterocycles. The second-order valence-corrected chi connectivity index (χ2v) is 4.87. The number of carbonyl (C=O) groups excluding carboxylic acids is 1. The third kappa shape index (κ3) is 4.91. The van der Waals surface area contributed by atoms with Crippen LogP contribution in [0.2, 0.25) is 0 Å². The van der Waals surface area contributed by atoms with Crippen molar-refractivity contribution in [2.45, 2.75) is 13.8 Å². The van der Waals surface area contributed by atoms with Crippen molar-refractivity contribution in [1.82, 2.24) is 4.90 Å². The molecule has 0 bridgehead atoms. The molecule has 0 saturated heterocycles. The molecule has 0 N–H and O–H groups in total. The van der Waals surface area contributed by atoms with Crippen LogP contribution in [-0.2, 0) is 4.74 Å². The Kier molecular flexibility index (Phi) is 6.36. The highest BCUT2D eigenvalue weighted by Gasteiger charge is 2.17. The second kappa shape index (κ2) is 7.79. The van der Waals surface area contributed by atoms with E-state index in [0.29, 0.717) is 30.4 Å². The zero-order chi connectivity index (χ0) is 14.3. The SMILES string of the molecule is COCCN(CC(C)C)C(=O)c1cccc(OC)c1. The van der Waals surface area contributed by atoms with Gasteiger partial charge in [0.2, 0.25) is 0 Å². The van der Waals surface area contributed by atoms with E-state index in [1.165, 1.54) is 0 Å². The van der Waals surface area contributed by atoms with Gasteiger partial charge in [0.15, 0.2) is 0 Å². The number of methoxy groups -OCH3 is 2. The summed E-state index contributed by atoms with van der Waals surface area (Å²) in [5.74, 6) is 1.14. The fourth-order valence-electron chi connectivity index (χ4n) is 1.86. The standard InChI is InChI=1S/C15H23NO3/c1-12(2)11-16(8-9-18-3)15(17)13-6-5-7-14(10-13)19-4/h5-7,10,12H,8-9,11H2,1-4H3. The molecule has 1 amide bonds. The quantitative estimate of drug-likeness (QED) is 0.760. The van der Waals surface area contributed by atoms with Crippen LogP contribution in [0.15, 0.2) is 24.3 Å². The summed E-state index contributed by atoms with van der Waals surface area (Å²) in [4.78, 5) is 14.3. The molecule has 0 aliphatic carbocycles. The van der Waals surface area contributed by atoms with Crippen molar-refractivity contribution in [2.24, 2.45) is 5.92 Å². The van der Waals surface area contributed by atoms with Gasteiger partial charge in [0, 0.05) is 25.8 Å². The van der Waals surface area contributed by atoms with Crippen molar-refractivity contribution in [3.8, 4) is 5.75 Å². The van der Waals surface area contributed by atoms with Crippen LogP contribution in [0.1, 0.15) is 24.2 Å². The first-order valence-electron chi connectivity index (χ1n) is 6.50. The lowest BCUT2D eigenvalue weighted by molar-refractivity contribution is 0.0672. The molecule has 0 fully saturated rings. The smallest absolute Gasteiger partial charge is 0.254 e. The molecular formula is C15H23NO3. The lowest BCUT2D eigenvalue weighted by atomic mass is 10.1. The largest absolute Gasteiger partial charge is 0.497 e. The molecule has 1 aromatic carbocycles. The van der Waals surface area contributed by atoms with Crippen LogP contribution < -0.4 is 4.74 Å². The second-order valence-electron chi connectivity index (χ2n) is 4.87. The van der Waals surface area contributed by atoms with E-state index in [2.05, 4.69) is 13.8 Å². The maximum Gasteiger partial charge on any atom is 0.254 e. The summed E-state index contributed by atoms with van der Waals surface area (Å²) in [6, 6.07) is 7.24. The average Bonchev–Trinajstić information content (AvgIpc) is 2.42. The van der Waals surface area contributed by atoms with Gasteiger partial charge >= 0.3 is 0 Å². The van der Waals surface area contributed by atoms with E-state index >= 15 is 0 Å². The van der Waals surface area contributed by atoms with E-state index in [9.17, 15) is 4.79 Å². The summed E-state index contributed by atoms with van der Waals surface area (Å²) in [5, 5.41) is 0. The molecular weight excluding hydrogens is 242 g/mol. The summed E-state index contributed by atoms with van der Waals surface area (Å²) in [5.41, 5.74) is 0.649. The van der Waals surface area contributed by atoms with Crippen LogP contribution >= 0.6 is 0 Å². The minimum Gasteiger partial charge on any atom is -0.497 e. The van der Waals surface area contributed by atoms with Gasteiger partial charge in [-0.05, 0) is 24.1 Å². The predicted molar refractivity (Wildman–Crippen MR) is 75.6 cm³/mol. The molecule has 4 nitrogen and oxygen atoms in total. The molecule has 0 spiro atoms. The van der Waals surface area contributed by atoms with Gasteiger partial charge < -0.3 is 14.4 Å².